The Morgan fingerprint density at radius 1 is 0.974 bits per heavy atom. The second-order valence-corrected chi connectivity index (χ2v) is 11.7. The van der Waals surface area contributed by atoms with Crippen LogP contribution in [0.1, 0.15) is 65.2 Å². The van der Waals surface area contributed by atoms with E-state index >= 15 is 0 Å². The van der Waals surface area contributed by atoms with E-state index in [9.17, 15) is 9.59 Å². The van der Waals surface area contributed by atoms with Crippen molar-refractivity contribution in [1.29, 1.82) is 0 Å². The number of unbranched alkanes of at least 4 members (excludes halogenated alkanes) is 1. The van der Waals surface area contributed by atoms with Gasteiger partial charge in [-0.25, -0.2) is 0 Å². The van der Waals surface area contributed by atoms with Gasteiger partial charge in [0, 0.05) is 42.5 Å². The van der Waals surface area contributed by atoms with E-state index in [0.717, 1.165) is 73.1 Å². The highest BCUT2D eigenvalue weighted by Crippen LogP contribution is 2.47. The number of piperazine rings is 1. The molecule has 1 fully saturated rings. The van der Waals surface area contributed by atoms with Crippen molar-refractivity contribution in [2.75, 3.05) is 42.9 Å². The minimum absolute atomic E-state index is 0.0217. The molecule has 1 aromatic heterocycles. The summed E-state index contributed by atoms with van der Waals surface area (Å²) in [6.45, 7) is 11.3. The maximum atomic E-state index is 14.2. The standard InChI is InChI=1S/C31H38N4O2S/c1-4-5-15-26-28-29(30(38-26)22(2)3)35(25-14-10-9-13-24(25)32-31(28)37)27(36)21-34-18-16-33(17-19-34)20-23-11-7-6-8-12-23/h6-14,22H,4-5,15-21H2,1-3H3,(H,32,37). The van der Waals surface area contributed by atoms with Crippen LogP contribution in [-0.2, 0) is 17.8 Å². The molecule has 6 nitrogen and oxygen atoms in total. The average Bonchev–Trinajstić information content (AvgIpc) is 3.23. The third-order valence-corrected chi connectivity index (χ3v) is 8.97. The lowest BCUT2D eigenvalue weighted by molar-refractivity contribution is -0.119. The van der Waals surface area contributed by atoms with E-state index < -0.39 is 0 Å². The number of aryl methyl sites for hydroxylation is 1. The molecule has 1 N–H and O–H groups in total. The lowest BCUT2D eigenvalue weighted by atomic mass is 10.0. The van der Waals surface area contributed by atoms with Crippen molar-refractivity contribution in [3.63, 3.8) is 0 Å². The lowest BCUT2D eigenvalue weighted by Gasteiger charge is -2.35. The Bertz CT molecular complexity index is 1280. The Balaban J connectivity index is 1.42. The molecule has 3 heterocycles. The Hall–Kier alpha value is -3.00. The zero-order chi connectivity index (χ0) is 26.6. The first-order chi connectivity index (χ1) is 18.5. The lowest BCUT2D eigenvalue weighted by Crippen LogP contribution is -2.49. The number of fused-ring (bicyclic) bond motifs is 2. The molecule has 7 heteroatoms. The number of hydrogen-bond donors (Lipinski definition) is 1. The molecule has 3 aromatic rings. The van der Waals surface area contributed by atoms with Crippen LogP contribution in [0.15, 0.2) is 54.6 Å². The SMILES string of the molecule is CCCCc1sc(C(C)C)c2c1C(=O)Nc1ccccc1N2C(=O)CN1CCN(Cc2ccccc2)CC1. The third kappa shape index (κ3) is 5.55. The van der Waals surface area contributed by atoms with Gasteiger partial charge in [-0.15, -0.1) is 11.3 Å². The van der Waals surface area contributed by atoms with E-state index in [2.05, 4.69) is 60.2 Å². The van der Waals surface area contributed by atoms with E-state index in [0.29, 0.717) is 17.8 Å². The van der Waals surface area contributed by atoms with Gasteiger partial charge in [0.25, 0.3) is 5.91 Å². The van der Waals surface area contributed by atoms with Crippen LogP contribution in [0.4, 0.5) is 17.1 Å². The number of carbonyl (C=O) groups excluding carboxylic acids is 2. The minimum atomic E-state index is -0.105. The molecule has 0 atom stereocenters. The molecule has 0 unspecified atom stereocenters. The van der Waals surface area contributed by atoms with Gasteiger partial charge in [0.05, 0.1) is 29.2 Å². The summed E-state index contributed by atoms with van der Waals surface area (Å²) in [6, 6.07) is 18.3. The van der Waals surface area contributed by atoms with Gasteiger partial charge in [0.15, 0.2) is 0 Å². The summed E-state index contributed by atoms with van der Waals surface area (Å²) in [7, 11) is 0. The molecule has 38 heavy (non-hydrogen) atoms. The summed E-state index contributed by atoms with van der Waals surface area (Å²) in [5.74, 6) is 0.124. The highest BCUT2D eigenvalue weighted by molar-refractivity contribution is 7.13. The average molecular weight is 531 g/mol. The number of benzene rings is 2. The predicted octanol–water partition coefficient (Wildman–Crippen LogP) is 6.26. The number of hydrogen-bond acceptors (Lipinski definition) is 5. The molecule has 2 aromatic carbocycles. The topological polar surface area (TPSA) is 55.9 Å². The van der Waals surface area contributed by atoms with Crippen LogP contribution >= 0.6 is 11.3 Å². The highest BCUT2D eigenvalue weighted by atomic mass is 32.1. The van der Waals surface area contributed by atoms with Gasteiger partial charge in [-0.2, -0.15) is 0 Å². The smallest absolute Gasteiger partial charge is 0.259 e. The van der Waals surface area contributed by atoms with Crippen LogP contribution in [0.25, 0.3) is 0 Å². The quantitative estimate of drug-likeness (QED) is 0.373. The summed E-state index contributed by atoms with van der Waals surface area (Å²) < 4.78 is 0. The number of nitrogens with one attached hydrogen (secondary N) is 1. The zero-order valence-electron chi connectivity index (χ0n) is 22.7. The molecule has 0 bridgehead atoms. The number of rotatable bonds is 8. The van der Waals surface area contributed by atoms with E-state index in [1.54, 1.807) is 11.3 Å². The minimum Gasteiger partial charge on any atom is -0.320 e. The second-order valence-electron chi connectivity index (χ2n) is 10.6. The number of para-hydroxylation sites is 2. The number of carbonyl (C=O) groups is 2. The predicted molar refractivity (Wildman–Crippen MR) is 157 cm³/mol. The van der Waals surface area contributed by atoms with Crippen molar-refractivity contribution < 1.29 is 9.59 Å². The molecule has 200 valence electrons. The van der Waals surface area contributed by atoms with E-state index in [1.807, 2.05) is 35.2 Å². The van der Waals surface area contributed by atoms with Gasteiger partial charge in [-0.05, 0) is 36.5 Å². The molecule has 0 spiro atoms. The molecule has 0 aliphatic carbocycles. The molecule has 0 radical (unpaired) electrons. The first-order valence-electron chi connectivity index (χ1n) is 13.8. The summed E-state index contributed by atoms with van der Waals surface area (Å²) in [5, 5.41) is 3.12. The van der Waals surface area contributed by atoms with E-state index in [-0.39, 0.29) is 17.7 Å². The molecule has 2 aliphatic rings. The first kappa shape index (κ1) is 26.6. The number of anilines is 3. The Morgan fingerprint density at radius 3 is 2.37 bits per heavy atom. The molecule has 1 saturated heterocycles. The fourth-order valence-electron chi connectivity index (χ4n) is 5.40. The normalized spacial score (nSPS) is 16.2. The zero-order valence-corrected chi connectivity index (χ0v) is 23.5. The molecule has 2 aliphatic heterocycles. The van der Waals surface area contributed by atoms with Gasteiger partial charge < -0.3 is 5.32 Å². The van der Waals surface area contributed by atoms with Crippen molar-refractivity contribution in [2.24, 2.45) is 0 Å². The maximum Gasteiger partial charge on any atom is 0.259 e. The molecular formula is C31H38N4O2S. The Labute approximate surface area is 230 Å². The van der Waals surface area contributed by atoms with Crippen molar-refractivity contribution in [3.8, 4) is 0 Å². The monoisotopic (exact) mass is 530 g/mol. The van der Waals surface area contributed by atoms with Crippen LogP contribution in [-0.4, -0.2) is 54.3 Å². The second kappa shape index (κ2) is 11.8. The van der Waals surface area contributed by atoms with E-state index in [1.165, 1.54) is 5.56 Å². The Kier molecular flexibility index (Phi) is 8.27. The third-order valence-electron chi connectivity index (χ3n) is 7.43. The highest BCUT2D eigenvalue weighted by Gasteiger charge is 2.36. The van der Waals surface area contributed by atoms with Gasteiger partial charge in [-0.1, -0.05) is 69.7 Å². The van der Waals surface area contributed by atoms with Crippen molar-refractivity contribution in [1.82, 2.24) is 9.80 Å². The largest absolute Gasteiger partial charge is 0.320 e. The van der Waals surface area contributed by atoms with Crippen LogP contribution in [0.2, 0.25) is 0 Å². The van der Waals surface area contributed by atoms with Crippen molar-refractivity contribution >= 4 is 40.2 Å². The molecule has 0 saturated carbocycles. The molecule has 2 amide bonds. The molecule has 5 rings (SSSR count). The number of thiophene rings is 1. The van der Waals surface area contributed by atoms with Gasteiger partial charge >= 0.3 is 0 Å². The summed E-state index contributed by atoms with van der Waals surface area (Å²) in [4.78, 5) is 36.5. The van der Waals surface area contributed by atoms with E-state index in [4.69, 9.17) is 0 Å². The van der Waals surface area contributed by atoms with Crippen LogP contribution in [0.3, 0.4) is 0 Å². The number of nitrogens with zero attached hydrogens (tertiary/aromatic N) is 3. The number of amides is 2. The van der Waals surface area contributed by atoms with Crippen LogP contribution < -0.4 is 10.2 Å². The fraction of sp³-hybridized carbons (Fsp3) is 0.419. The summed E-state index contributed by atoms with van der Waals surface area (Å²) in [5.41, 5.74) is 4.25. The first-order valence-corrected chi connectivity index (χ1v) is 14.7. The van der Waals surface area contributed by atoms with Crippen LogP contribution in [0, 0.1) is 0 Å². The maximum absolute atomic E-state index is 14.2. The fourth-order valence-corrected chi connectivity index (χ4v) is 6.72. The summed E-state index contributed by atoms with van der Waals surface area (Å²) in [6.07, 6.45) is 2.93. The van der Waals surface area contributed by atoms with Crippen LogP contribution in [0.5, 0.6) is 0 Å². The summed E-state index contributed by atoms with van der Waals surface area (Å²) >= 11 is 1.70. The Morgan fingerprint density at radius 2 is 1.66 bits per heavy atom. The van der Waals surface area contributed by atoms with Gasteiger partial charge in [0.2, 0.25) is 5.91 Å². The van der Waals surface area contributed by atoms with Gasteiger partial charge in [-0.3, -0.25) is 24.3 Å². The van der Waals surface area contributed by atoms with Gasteiger partial charge in [0.1, 0.15) is 0 Å². The van der Waals surface area contributed by atoms with Crippen molar-refractivity contribution in [2.45, 2.75) is 52.5 Å². The molecular weight excluding hydrogens is 492 g/mol. The van der Waals surface area contributed by atoms with Crippen molar-refractivity contribution in [3.05, 3.63) is 75.5 Å².